The maximum Gasteiger partial charge on any atom is 0.248 e. The van der Waals surface area contributed by atoms with Gasteiger partial charge in [0, 0.05) is 18.2 Å². The standard InChI is InChI=1S/C13H20N2O/c1-4-10(3)15-8-12-6-5-11(13(14)16)7-9(12)2/h5-7,10,15H,4,8H2,1-3H3,(H2,14,16). The fourth-order valence-electron chi connectivity index (χ4n) is 1.48. The molecular weight excluding hydrogens is 200 g/mol. The summed E-state index contributed by atoms with van der Waals surface area (Å²) in [7, 11) is 0. The summed E-state index contributed by atoms with van der Waals surface area (Å²) >= 11 is 0. The maximum atomic E-state index is 11.0. The van der Waals surface area contributed by atoms with Crippen molar-refractivity contribution in [2.75, 3.05) is 0 Å². The molecule has 3 N–H and O–H groups in total. The Labute approximate surface area is 97.0 Å². The summed E-state index contributed by atoms with van der Waals surface area (Å²) in [6.45, 7) is 7.15. The number of amides is 1. The molecule has 0 spiro atoms. The molecule has 1 unspecified atom stereocenters. The summed E-state index contributed by atoms with van der Waals surface area (Å²) in [6.07, 6.45) is 1.11. The number of benzene rings is 1. The van der Waals surface area contributed by atoms with E-state index in [0.717, 1.165) is 18.5 Å². The Kier molecular flexibility index (Phi) is 4.50. The molecule has 1 atom stereocenters. The van der Waals surface area contributed by atoms with E-state index >= 15 is 0 Å². The average Bonchev–Trinajstić information content (AvgIpc) is 2.26. The molecule has 0 saturated carbocycles. The Morgan fingerprint density at radius 2 is 2.19 bits per heavy atom. The van der Waals surface area contributed by atoms with Crippen LogP contribution < -0.4 is 11.1 Å². The molecule has 0 saturated heterocycles. The molecular formula is C13H20N2O. The molecule has 16 heavy (non-hydrogen) atoms. The second-order valence-corrected chi connectivity index (χ2v) is 4.20. The second kappa shape index (κ2) is 5.66. The van der Waals surface area contributed by atoms with Gasteiger partial charge in [-0.05, 0) is 43.5 Å². The Morgan fingerprint density at radius 3 is 2.69 bits per heavy atom. The zero-order valence-electron chi connectivity index (χ0n) is 10.2. The fourth-order valence-corrected chi connectivity index (χ4v) is 1.48. The minimum atomic E-state index is -0.371. The largest absolute Gasteiger partial charge is 0.366 e. The molecule has 0 aliphatic rings. The molecule has 0 aliphatic carbocycles. The van der Waals surface area contributed by atoms with Crippen LogP contribution in [0.5, 0.6) is 0 Å². The minimum absolute atomic E-state index is 0.371. The van der Waals surface area contributed by atoms with Crippen molar-refractivity contribution in [3.63, 3.8) is 0 Å². The lowest BCUT2D eigenvalue weighted by molar-refractivity contribution is 0.1000. The van der Waals surface area contributed by atoms with Crippen LogP contribution in [0.4, 0.5) is 0 Å². The summed E-state index contributed by atoms with van der Waals surface area (Å²) in [4.78, 5) is 11.0. The summed E-state index contributed by atoms with van der Waals surface area (Å²) in [5, 5.41) is 3.42. The first-order chi connectivity index (χ1) is 7.54. The molecule has 1 aromatic carbocycles. The lowest BCUT2D eigenvalue weighted by atomic mass is 10.0. The number of nitrogens with one attached hydrogen (secondary N) is 1. The third-order valence-electron chi connectivity index (χ3n) is 2.88. The van der Waals surface area contributed by atoms with Crippen LogP contribution in [0.25, 0.3) is 0 Å². The van der Waals surface area contributed by atoms with Gasteiger partial charge in [-0.2, -0.15) is 0 Å². The van der Waals surface area contributed by atoms with E-state index in [2.05, 4.69) is 19.2 Å². The molecule has 0 aliphatic heterocycles. The zero-order valence-corrected chi connectivity index (χ0v) is 10.2. The van der Waals surface area contributed by atoms with E-state index in [1.165, 1.54) is 5.56 Å². The number of rotatable bonds is 5. The number of carbonyl (C=O) groups excluding carboxylic acids is 1. The van der Waals surface area contributed by atoms with E-state index < -0.39 is 0 Å². The normalized spacial score (nSPS) is 12.4. The quantitative estimate of drug-likeness (QED) is 0.797. The second-order valence-electron chi connectivity index (χ2n) is 4.20. The van der Waals surface area contributed by atoms with Crippen LogP contribution in [0.1, 0.15) is 41.8 Å². The van der Waals surface area contributed by atoms with Gasteiger partial charge >= 0.3 is 0 Å². The topological polar surface area (TPSA) is 55.1 Å². The highest BCUT2D eigenvalue weighted by Crippen LogP contribution is 2.11. The van der Waals surface area contributed by atoms with Crippen LogP contribution in [0.15, 0.2) is 18.2 Å². The van der Waals surface area contributed by atoms with Crippen molar-refractivity contribution >= 4 is 5.91 Å². The number of hydrogen-bond acceptors (Lipinski definition) is 2. The van der Waals surface area contributed by atoms with Crippen molar-refractivity contribution in [3.8, 4) is 0 Å². The van der Waals surface area contributed by atoms with Gasteiger partial charge in [-0.15, -0.1) is 0 Å². The lowest BCUT2D eigenvalue weighted by Crippen LogP contribution is -2.24. The Hall–Kier alpha value is -1.35. The van der Waals surface area contributed by atoms with Gasteiger partial charge in [0.2, 0.25) is 5.91 Å². The summed E-state index contributed by atoms with van der Waals surface area (Å²) < 4.78 is 0. The molecule has 3 nitrogen and oxygen atoms in total. The molecule has 1 aromatic rings. The maximum absolute atomic E-state index is 11.0. The van der Waals surface area contributed by atoms with Crippen molar-refractivity contribution in [2.45, 2.75) is 39.8 Å². The van der Waals surface area contributed by atoms with Crippen molar-refractivity contribution in [1.29, 1.82) is 0 Å². The molecule has 3 heteroatoms. The average molecular weight is 220 g/mol. The first kappa shape index (κ1) is 12.7. The van der Waals surface area contributed by atoms with Crippen LogP contribution in [0.3, 0.4) is 0 Å². The number of aryl methyl sites for hydroxylation is 1. The van der Waals surface area contributed by atoms with Crippen LogP contribution in [0.2, 0.25) is 0 Å². The molecule has 0 fully saturated rings. The minimum Gasteiger partial charge on any atom is -0.366 e. The summed E-state index contributed by atoms with van der Waals surface area (Å²) in [5.41, 5.74) is 8.11. The molecule has 0 heterocycles. The van der Waals surface area contributed by atoms with Crippen LogP contribution in [-0.4, -0.2) is 11.9 Å². The van der Waals surface area contributed by atoms with Crippen molar-refractivity contribution < 1.29 is 4.79 Å². The highest BCUT2D eigenvalue weighted by Gasteiger charge is 2.05. The van der Waals surface area contributed by atoms with Crippen molar-refractivity contribution in [3.05, 3.63) is 34.9 Å². The van der Waals surface area contributed by atoms with Gasteiger partial charge in [-0.1, -0.05) is 13.0 Å². The van der Waals surface area contributed by atoms with Crippen LogP contribution >= 0.6 is 0 Å². The molecule has 0 bridgehead atoms. The lowest BCUT2D eigenvalue weighted by Gasteiger charge is -2.13. The first-order valence-corrected chi connectivity index (χ1v) is 5.67. The fraction of sp³-hybridized carbons (Fsp3) is 0.462. The molecule has 1 amide bonds. The highest BCUT2D eigenvalue weighted by atomic mass is 16.1. The Balaban J connectivity index is 2.72. The van der Waals surface area contributed by atoms with Gasteiger partial charge in [0.25, 0.3) is 0 Å². The summed E-state index contributed by atoms with van der Waals surface area (Å²) in [5.74, 6) is -0.371. The van der Waals surface area contributed by atoms with E-state index in [1.54, 1.807) is 6.07 Å². The molecule has 1 rings (SSSR count). The van der Waals surface area contributed by atoms with Crippen molar-refractivity contribution in [2.24, 2.45) is 5.73 Å². The first-order valence-electron chi connectivity index (χ1n) is 5.67. The van der Waals surface area contributed by atoms with E-state index in [1.807, 2.05) is 19.1 Å². The van der Waals surface area contributed by atoms with Crippen LogP contribution in [0, 0.1) is 6.92 Å². The monoisotopic (exact) mass is 220 g/mol. The van der Waals surface area contributed by atoms with Gasteiger partial charge in [-0.3, -0.25) is 4.79 Å². The van der Waals surface area contributed by atoms with Crippen LogP contribution in [-0.2, 0) is 6.54 Å². The van der Waals surface area contributed by atoms with E-state index in [0.29, 0.717) is 11.6 Å². The van der Waals surface area contributed by atoms with E-state index in [-0.39, 0.29) is 5.91 Å². The molecule has 0 aromatic heterocycles. The smallest absolute Gasteiger partial charge is 0.248 e. The van der Waals surface area contributed by atoms with Gasteiger partial charge < -0.3 is 11.1 Å². The van der Waals surface area contributed by atoms with Gasteiger partial charge in [0.05, 0.1) is 0 Å². The van der Waals surface area contributed by atoms with E-state index in [4.69, 9.17) is 5.73 Å². The molecule has 0 radical (unpaired) electrons. The van der Waals surface area contributed by atoms with E-state index in [9.17, 15) is 4.79 Å². The Morgan fingerprint density at radius 1 is 1.50 bits per heavy atom. The predicted molar refractivity (Wildman–Crippen MR) is 66.3 cm³/mol. The van der Waals surface area contributed by atoms with Gasteiger partial charge in [-0.25, -0.2) is 0 Å². The number of primary amides is 1. The number of nitrogens with two attached hydrogens (primary N) is 1. The zero-order chi connectivity index (χ0) is 12.1. The number of hydrogen-bond donors (Lipinski definition) is 2. The van der Waals surface area contributed by atoms with Gasteiger partial charge in [0.15, 0.2) is 0 Å². The third-order valence-corrected chi connectivity index (χ3v) is 2.88. The third kappa shape index (κ3) is 3.35. The van der Waals surface area contributed by atoms with Crippen molar-refractivity contribution in [1.82, 2.24) is 5.32 Å². The predicted octanol–water partition coefficient (Wildman–Crippen LogP) is 1.98. The summed E-state index contributed by atoms with van der Waals surface area (Å²) in [6, 6.07) is 6.10. The molecule has 88 valence electrons. The van der Waals surface area contributed by atoms with Gasteiger partial charge in [0.1, 0.15) is 0 Å². The number of carbonyl (C=O) groups is 1. The highest BCUT2D eigenvalue weighted by molar-refractivity contribution is 5.93. The SMILES string of the molecule is CCC(C)NCc1ccc(C(N)=O)cc1C. The Bertz CT molecular complexity index is 374.